The molecular formula is C35H23N2PS. The molecule has 0 fully saturated rings. The number of para-hydroxylation sites is 3. The number of benzene rings is 6. The summed E-state index contributed by atoms with van der Waals surface area (Å²) >= 11 is 6.77. The summed E-state index contributed by atoms with van der Waals surface area (Å²) in [6.07, 6.45) is 0. The molecule has 0 aliphatic carbocycles. The molecule has 0 N–H and O–H groups in total. The van der Waals surface area contributed by atoms with Gasteiger partial charge in [-0.3, -0.25) is 4.40 Å². The first kappa shape index (κ1) is 22.7. The van der Waals surface area contributed by atoms with E-state index in [-0.39, 0.29) is 0 Å². The Morgan fingerprint density at radius 3 is 1.90 bits per heavy atom. The minimum absolute atomic E-state index is 0.981. The van der Waals surface area contributed by atoms with Gasteiger partial charge in [-0.15, -0.1) is 0 Å². The number of hydrogen-bond donors (Lipinski definition) is 0. The topological polar surface area (TPSA) is 17.3 Å². The zero-order chi connectivity index (χ0) is 26.0. The summed E-state index contributed by atoms with van der Waals surface area (Å²) in [7, 11) is 0. The first-order chi connectivity index (χ1) is 19.2. The fourth-order valence-electron chi connectivity index (χ4n) is 6.04. The van der Waals surface area contributed by atoms with Gasteiger partial charge in [0.15, 0.2) is 0 Å². The van der Waals surface area contributed by atoms with Gasteiger partial charge in [-0.05, 0) is 57.1 Å². The maximum atomic E-state index is 6.77. The van der Waals surface area contributed by atoms with Crippen molar-refractivity contribution in [1.29, 1.82) is 0 Å². The van der Waals surface area contributed by atoms with Crippen molar-refractivity contribution in [2.24, 2.45) is 0 Å². The molecule has 8 aromatic rings. The predicted octanol–water partition coefficient (Wildman–Crippen LogP) is 7.70. The molecule has 2 aromatic heterocycles. The maximum Gasteiger partial charge on any atom is 0.146 e. The van der Waals surface area contributed by atoms with Crippen LogP contribution in [0, 0.1) is 0 Å². The van der Waals surface area contributed by atoms with Crippen molar-refractivity contribution in [3.05, 3.63) is 140 Å². The van der Waals surface area contributed by atoms with Gasteiger partial charge in [0.1, 0.15) is 5.65 Å². The average molecular weight is 535 g/mol. The van der Waals surface area contributed by atoms with Crippen molar-refractivity contribution in [2.45, 2.75) is 0 Å². The maximum absolute atomic E-state index is 6.77. The number of rotatable bonds is 3. The van der Waals surface area contributed by atoms with E-state index in [9.17, 15) is 0 Å². The van der Waals surface area contributed by atoms with E-state index in [0.29, 0.717) is 0 Å². The molecule has 6 aromatic carbocycles. The van der Waals surface area contributed by atoms with Gasteiger partial charge >= 0.3 is 0 Å². The van der Waals surface area contributed by atoms with Crippen molar-refractivity contribution in [3.8, 4) is 0 Å². The van der Waals surface area contributed by atoms with Gasteiger partial charge in [0.25, 0.3) is 0 Å². The molecule has 0 saturated carbocycles. The van der Waals surface area contributed by atoms with Crippen LogP contribution in [0.1, 0.15) is 0 Å². The Morgan fingerprint density at radius 1 is 0.513 bits per heavy atom. The summed E-state index contributed by atoms with van der Waals surface area (Å²) < 4.78 is 2.31. The van der Waals surface area contributed by atoms with Crippen LogP contribution in [0.15, 0.2) is 140 Å². The quantitative estimate of drug-likeness (QED) is 0.131. The Labute approximate surface area is 231 Å². The van der Waals surface area contributed by atoms with E-state index in [1.54, 1.807) is 0 Å². The molecule has 0 spiro atoms. The predicted molar refractivity (Wildman–Crippen MR) is 171 cm³/mol. The normalized spacial score (nSPS) is 12.2. The number of imidazole rings is 1. The molecule has 0 radical (unpaired) electrons. The fraction of sp³-hybridized carbons (Fsp3) is 0. The Morgan fingerprint density at radius 2 is 1.15 bits per heavy atom. The van der Waals surface area contributed by atoms with Crippen LogP contribution in [0.3, 0.4) is 0 Å². The van der Waals surface area contributed by atoms with E-state index in [0.717, 1.165) is 22.1 Å². The Kier molecular flexibility index (Phi) is 5.00. The number of fused-ring (bicyclic) bond motifs is 9. The van der Waals surface area contributed by atoms with Crippen molar-refractivity contribution in [2.75, 3.05) is 0 Å². The summed E-state index contributed by atoms with van der Waals surface area (Å²) in [6, 6.07) is 47.4. The second-order valence-corrected chi connectivity index (χ2v) is 14.3. The SMILES string of the molecule is S=P(c1ccccc1)(c1ccccc1)c1cccc2cc3c4ccccc4n4c5ccccc5nc4c3cc12. The monoisotopic (exact) mass is 534 g/mol. The molecule has 0 aliphatic rings. The van der Waals surface area contributed by atoms with Crippen molar-refractivity contribution >= 4 is 82.9 Å². The zero-order valence-corrected chi connectivity index (χ0v) is 22.7. The van der Waals surface area contributed by atoms with Crippen molar-refractivity contribution in [3.63, 3.8) is 0 Å². The van der Waals surface area contributed by atoms with E-state index in [2.05, 4.69) is 144 Å². The second-order valence-electron chi connectivity index (χ2n) is 9.95. The van der Waals surface area contributed by atoms with E-state index in [4.69, 9.17) is 16.8 Å². The summed E-state index contributed by atoms with van der Waals surface area (Å²) in [5.74, 6) is 0. The number of pyridine rings is 1. The third-order valence-corrected chi connectivity index (χ3v) is 12.8. The van der Waals surface area contributed by atoms with E-state index < -0.39 is 6.04 Å². The zero-order valence-electron chi connectivity index (χ0n) is 21.0. The standard InChI is InChI=1S/C35H23N2PS/c39-38(25-13-3-1-4-14-25,26-15-5-2-6-16-26)34-21-11-12-24-22-29-27-17-7-9-19-32(27)37-33-20-10-8-18-31(33)36-35(37)30(29)23-28(24)34/h1-23H. The Bertz CT molecular complexity index is 2210. The molecule has 0 saturated heterocycles. The summed E-state index contributed by atoms with van der Waals surface area (Å²) in [5.41, 5.74) is 4.28. The third kappa shape index (κ3) is 3.27. The summed E-state index contributed by atoms with van der Waals surface area (Å²) in [6.45, 7) is 0. The minimum Gasteiger partial charge on any atom is -0.292 e. The van der Waals surface area contributed by atoms with Gasteiger partial charge in [-0.1, -0.05) is 121 Å². The van der Waals surface area contributed by atoms with Crippen LogP contribution in [-0.2, 0) is 11.8 Å². The molecule has 0 bridgehead atoms. The van der Waals surface area contributed by atoms with Gasteiger partial charge in [-0.2, -0.15) is 0 Å². The molecule has 0 atom stereocenters. The lowest BCUT2D eigenvalue weighted by atomic mass is 10.0. The van der Waals surface area contributed by atoms with Crippen LogP contribution in [0.5, 0.6) is 0 Å². The first-order valence-corrected chi connectivity index (χ1v) is 15.9. The molecular weight excluding hydrogens is 511 g/mol. The lowest BCUT2D eigenvalue weighted by Gasteiger charge is -2.26. The largest absolute Gasteiger partial charge is 0.292 e. The molecule has 0 amide bonds. The molecule has 2 heterocycles. The van der Waals surface area contributed by atoms with Gasteiger partial charge in [0, 0.05) is 22.1 Å². The molecule has 0 unspecified atom stereocenters. The second kappa shape index (κ2) is 8.61. The van der Waals surface area contributed by atoms with Crippen LogP contribution in [-0.4, -0.2) is 9.38 Å². The van der Waals surface area contributed by atoms with Crippen LogP contribution in [0.2, 0.25) is 0 Å². The van der Waals surface area contributed by atoms with Gasteiger partial charge in [-0.25, -0.2) is 4.98 Å². The van der Waals surface area contributed by atoms with Crippen LogP contribution in [0.25, 0.3) is 49.1 Å². The molecule has 2 nitrogen and oxygen atoms in total. The highest BCUT2D eigenvalue weighted by Gasteiger charge is 2.27. The lowest BCUT2D eigenvalue weighted by Crippen LogP contribution is -2.25. The summed E-state index contributed by atoms with van der Waals surface area (Å²) in [5, 5.41) is 9.61. The molecule has 184 valence electrons. The highest BCUT2D eigenvalue weighted by molar-refractivity contribution is 8.25. The average Bonchev–Trinajstić information content (AvgIpc) is 3.41. The van der Waals surface area contributed by atoms with Crippen LogP contribution < -0.4 is 15.9 Å². The molecule has 8 rings (SSSR count). The van der Waals surface area contributed by atoms with Gasteiger partial charge in [0.05, 0.1) is 16.6 Å². The summed E-state index contributed by atoms with van der Waals surface area (Å²) in [4.78, 5) is 5.15. The highest BCUT2D eigenvalue weighted by atomic mass is 32.4. The van der Waals surface area contributed by atoms with E-state index >= 15 is 0 Å². The smallest absolute Gasteiger partial charge is 0.146 e. The van der Waals surface area contributed by atoms with E-state index in [1.165, 1.54) is 43.0 Å². The van der Waals surface area contributed by atoms with Gasteiger partial charge < -0.3 is 0 Å². The molecule has 4 heteroatoms. The van der Waals surface area contributed by atoms with Crippen molar-refractivity contribution < 1.29 is 0 Å². The van der Waals surface area contributed by atoms with Gasteiger partial charge in [0.2, 0.25) is 0 Å². The number of aromatic nitrogens is 2. The fourth-order valence-corrected chi connectivity index (χ4v) is 10.1. The highest BCUT2D eigenvalue weighted by Crippen LogP contribution is 2.45. The minimum atomic E-state index is -2.33. The Balaban J connectivity index is 1.56. The third-order valence-electron chi connectivity index (χ3n) is 7.81. The van der Waals surface area contributed by atoms with E-state index in [1.807, 2.05) is 0 Å². The van der Waals surface area contributed by atoms with Crippen molar-refractivity contribution in [1.82, 2.24) is 9.38 Å². The molecule has 0 aliphatic heterocycles. The number of nitrogens with zero attached hydrogens (tertiary/aromatic N) is 2. The molecule has 39 heavy (non-hydrogen) atoms. The van der Waals surface area contributed by atoms with Crippen LogP contribution in [0.4, 0.5) is 0 Å². The Hall–Kier alpha value is -4.30. The first-order valence-electron chi connectivity index (χ1n) is 13.1. The lowest BCUT2D eigenvalue weighted by molar-refractivity contribution is 1.32. The van der Waals surface area contributed by atoms with Crippen LogP contribution >= 0.6 is 6.04 Å². The number of hydrogen-bond acceptors (Lipinski definition) is 2.